The fourth-order valence-corrected chi connectivity index (χ4v) is 1.06. The van der Waals surface area contributed by atoms with E-state index >= 15 is 0 Å². The SMILES string of the molecule is O=[N+]([O-])[O-].O=c1[nH]c[nH+]c2ccccc12. The van der Waals surface area contributed by atoms with Crippen molar-refractivity contribution in [2.75, 3.05) is 0 Å². The molecular weight excluding hydrogens is 202 g/mol. The molecule has 7 heteroatoms. The average molecular weight is 209 g/mol. The highest BCUT2D eigenvalue weighted by Gasteiger charge is 1.99. The van der Waals surface area contributed by atoms with Crippen molar-refractivity contribution in [3.63, 3.8) is 0 Å². The maximum atomic E-state index is 11.1. The van der Waals surface area contributed by atoms with Crippen molar-refractivity contribution < 1.29 is 10.1 Å². The van der Waals surface area contributed by atoms with Crippen LogP contribution in [0.2, 0.25) is 0 Å². The van der Waals surface area contributed by atoms with Crippen LogP contribution in [0.15, 0.2) is 35.4 Å². The van der Waals surface area contributed by atoms with E-state index in [1.807, 2.05) is 18.2 Å². The van der Waals surface area contributed by atoms with E-state index in [1.165, 1.54) is 6.33 Å². The third-order valence-electron chi connectivity index (χ3n) is 1.60. The van der Waals surface area contributed by atoms with Gasteiger partial charge in [-0.2, -0.15) is 0 Å². The minimum Gasteiger partial charge on any atom is -0.356 e. The zero-order valence-electron chi connectivity index (χ0n) is 7.47. The Morgan fingerprint density at radius 1 is 1.27 bits per heavy atom. The van der Waals surface area contributed by atoms with Gasteiger partial charge in [0.25, 0.3) is 0 Å². The van der Waals surface area contributed by atoms with Gasteiger partial charge < -0.3 is 15.3 Å². The van der Waals surface area contributed by atoms with Crippen molar-refractivity contribution >= 4 is 10.9 Å². The van der Waals surface area contributed by atoms with E-state index in [0.717, 1.165) is 5.52 Å². The van der Waals surface area contributed by atoms with Crippen molar-refractivity contribution in [3.8, 4) is 0 Å². The van der Waals surface area contributed by atoms with Gasteiger partial charge in [0.05, 0.1) is 5.09 Å². The van der Waals surface area contributed by atoms with Gasteiger partial charge in [0.2, 0.25) is 6.33 Å². The summed E-state index contributed by atoms with van der Waals surface area (Å²) in [5, 5.41) is 15.4. The van der Waals surface area contributed by atoms with Crippen LogP contribution in [0, 0.1) is 15.3 Å². The molecule has 0 aliphatic carbocycles. The van der Waals surface area contributed by atoms with Crippen LogP contribution in [0.1, 0.15) is 0 Å². The van der Waals surface area contributed by atoms with Crippen molar-refractivity contribution in [2.45, 2.75) is 0 Å². The van der Waals surface area contributed by atoms with Crippen LogP contribution in [-0.2, 0) is 0 Å². The Kier molecular flexibility index (Phi) is 3.33. The van der Waals surface area contributed by atoms with Gasteiger partial charge in [0.1, 0.15) is 10.9 Å². The number of aromatic nitrogens is 2. The molecule has 0 radical (unpaired) electrons. The van der Waals surface area contributed by atoms with Crippen LogP contribution in [0.4, 0.5) is 0 Å². The smallest absolute Gasteiger partial charge is 0.342 e. The summed E-state index contributed by atoms with van der Waals surface area (Å²) in [6, 6.07) is 7.37. The minimum atomic E-state index is -1.75. The van der Waals surface area contributed by atoms with Crippen LogP contribution >= 0.6 is 0 Å². The second kappa shape index (κ2) is 4.70. The number of para-hydroxylation sites is 1. The zero-order chi connectivity index (χ0) is 11.3. The number of nitrogens with one attached hydrogen (secondary N) is 2. The first-order valence-electron chi connectivity index (χ1n) is 3.91. The molecule has 0 fully saturated rings. The summed E-state index contributed by atoms with van der Waals surface area (Å²) in [4.78, 5) is 24.9. The van der Waals surface area contributed by atoms with Crippen molar-refractivity contribution in [2.24, 2.45) is 0 Å². The Bertz CT molecular complexity index is 513. The predicted molar refractivity (Wildman–Crippen MR) is 51.5 cm³/mol. The molecule has 0 saturated carbocycles. The molecule has 1 aromatic carbocycles. The molecule has 1 aromatic heterocycles. The molecule has 0 atom stereocenters. The Hall–Kier alpha value is -2.44. The summed E-state index contributed by atoms with van der Waals surface area (Å²) >= 11 is 0. The number of hydrogen-bond acceptors (Lipinski definition) is 4. The molecule has 0 amide bonds. The van der Waals surface area contributed by atoms with E-state index in [-0.39, 0.29) is 5.56 Å². The van der Waals surface area contributed by atoms with Crippen LogP contribution in [0.3, 0.4) is 0 Å². The first-order valence-corrected chi connectivity index (χ1v) is 3.91. The van der Waals surface area contributed by atoms with E-state index in [4.69, 9.17) is 15.3 Å². The highest BCUT2D eigenvalue weighted by atomic mass is 16.9. The number of aromatic amines is 2. The number of benzene rings is 1. The summed E-state index contributed by atoms with van der Waals surface area (Å²) in [5.74, 6) is 0. The molecule has 0 bridgehead atoms. The summed E-state index contributed by atoms with van der Waals surface area (Å²) in [6.45, 7) is 0. The predicted octanol–water partition coefficient (Wildman–Crippen LogP) is 0.103. The monoisotopic (exact) mass is 209 g/mol. The van der Waals surface area contributed by atoms with Gasteiger partial charge in [0, 0.05) is 0 Å². The normalized spacial score (nSPS) is 9.07. The Labute approximate surface area is 83.1 Å². The summed E-state index contributed by atoms with van der Waals surface area (Å²) in [6.07, 6.45) is 1.53. The third kappa shape index (κ3) is 3.07. The number of nitrogens with zero attached hydrogens (tertiary/aromatic N) is 1. The lowest BCUT2D eigenvalue weighted by molar-refractivity contribution is -0.402. The summed E-state index contributed by atoms with van der Waals surface area (Å²) < 4.78 is 0. The topological polar surface area (TPSA) is 113 Å². The summed E-state index contributed by atoms with van der Waals surface area (Å²) in [7, 11) is 0. The zero-order valence-corrected chi connectivity index (χ0v) is 7.47. The van der Waals surface area contributed by atoms with Crippen LogP contribution in [0.5, 0.6) is 0 Å². The Morgan fingerprint density at radius 3 is 2.47 bits per heavy atom. The van der Waals surface area contributed by atoms with Gasteiger partial charge in [-0.15, -0.1) is 0 Å². The van der Waals surface area contributed by atoms with E-state index in [1.54, 1.807) is 6.07 Å². The minimum absolute atomic E-state index is 0.0562. The van der Waals surface area contributed by atoms with Crippen molar-refractivity contribution in [1.29, 1.82) is 0 Å². The average Bonchev–Trinajstić information content (AvgIpc) is 2.18. The maximum absolute atomic E-state index is 11.1. The van der Waals surface area contributed by atoms with Gasteiger partial charge in [-0.05, 0) is 12.1 Å². The molecule has 2 N–H and O–H groups in total. The molecule has 2 rings (SSSR count). The van der Waals surface area contributed by atoms with Crippen molar-refractivity contribution in [3.05, 3.63) is 56.3 Å². The first-order chi connectivity index (χ1) is 7.11. The molecule has 15 heavy (non-hydrogen) atoms. The molecule has 0 aliphatic heterocycles. The number of H-pyrrole nitrogens is 2. The quantitative estimate of drug-likeness (QED) is 0.489. The molecule has 0 aliphatic rings. The van der Waals surface area contributed by atoms with E-state index in [0.29, 0.717) is 5.39 Å². The lowest BCUT2D eigenvalue weighted by atomic mass is 10.2. The van der Waals surface area contributed by atoms with Gasteiger partial charge >= 0.3 is 5.56 Å². The van der Waals surface area contributed by atoms with Crippen LogP contribution in [0.25, 0.3) is 10.9 Å². The molecule has 0 unspecified atom stereocenters. The van der Waals surface area contributed by atoms with Crippen LogP contribution in [-0.4, -0.2) is 10.1 Å². The highest BCUT2D eigenvalue weighted by Crippen LogP contribution is 1.99. The van der Waals surface area contributed by atoms with Crippen molar-refractivity contribution in [1.82, 2.24) is 4.98 Å². The Morgan fingerprint density at radius 2 is 1.87 bits per heavy atom. The number of rotatable bonds is 0. The molecule has 0 saturated heterocycles. The highest BCUT2D eigenvalue weighted by molar-refractivity contribution is 5.73. The molecule has 1 heterocycles. The number of fused-ring (bicyclic) bond motifs is 1. The maximum Gasteiger partial charge on any atom is 0.342 e. The first kappa shape index (κ1) is 10.6. The largest absolute Gasteiger partial charge is 0.356 e. The molecule has 2 aromatic rings. The molecule has 0 spiro atoms. The number of hydrogen-bond donors (Lipinski definition) is 1. The van der Waals surface area contributed by atoms with Gasteiger partial charge in [-0.3, -0.25) is 0 Å². The fraction of sp³-hybridized carbons (Fsp3) is 0. The molecule has 78 valence electrons. The van der Waals surface area contributed by atoms with E-state index < -0.39 is 5.09 Å². The molecule has 7 nitrogen and oxygen atoms in total. The molecular formula is C8H7N3O4. The Balaban J connectivity index is 0.000000245. The lowest BCUT2D eigenvalue weighted by Gasteiger charge is -1.86. The van der Waals surface area contributed by atoms with E-state index in [9.17, 15) is 4.79 Å². The second-order valence-corrected chi connectivity index (χ2v) is 2.53. The summed E-state index contributed by atoms with van der Waals surface area (Å²) in [5.41, 5.74) is 0.801. The van der Waals surface area contributed by atoms with E-state index in [2.05, 4.69) is 9.97 Å². The van der Waals surface area contributed by atoms with Gasteiger partial charge in [0.15, 0.2) is 0 Å². The third-order valence-corrected chi connectivity index (χ3v) is 1.60. The second-order valence-electron chi connectivity index (χ2n) is 2.53. The van der Waals surface area contributed by atoms with Gasteiger partial charge in [-0.25, -0.2) is 14.8 Å². The van der Waals surface area contributed by atoms with Crippen LogP contribution < -0.4 is 10.5 Å². The fourth-order valence-electron chi connectivity index (χ4n) is 1.06. The standard InChI is InChI=1S/C8H6N2O.NO3/c11-8-6-3-1-2-4-7(6)9-5-10-8;2-1(3)4/h1-5H,(H,9,10,11);/q;-1/p+1. The van der Waals surface area contributed by atoms with Gasteiger partial charge in [-0.1, -0.05) is 12.1 Å². The lowest BCUT2D eigenvalue weighted by Crippen LogP contribution is -2.15.